The van der Waals surface area contributed by atoms with Gasteiger partial charge in [-0.25, -0.2) is 0 Å². The van der Waals surface area contributed by atoms with Crippen LogP contribution in [-0.4, -0.2) is 0 Å². The van der Waals surface area contributed by atoms with E-state index in [0.717, 1.165) is 25.7 Å². The minimum Gasteiger partial charge on any atom is -0.181 e. The van der Waals surface area contributed by atoms with E-state index in [1.54, 1.807) is 0 Å². The van der Waals surface area contributed by atoms with Crippen LogP contribution in [0.15, 0.2) is 84.9 Å². The predicted octanol–water partition coefficient (Wildman–Crippen LogP) is 8.22. The number of benzene rings is 3. The van der Waals surface area contributed by atoms with E-state index in [2.05, 4.69) is 117 Å². The SMILES string of the molecule is CCC1(CC)c2ccccc2-c2cc3c(cc21)-c1ccc2ccccc2[n+]1C1(CC)C=CC31CC. The molecule has 174 valence electrons. The van der Waals surface area contributed by atoms with Gasteiger partial charge in [-0.05, 0) is 77.4 Å². The highest BCUT2D eigenvalue weighted by atomic mass is 15.1. The second-order valence-electron chi connectivity index (χ2n) is 10.8. The Balaban J connectivity index is 1.64. The molecule has 35 heavy (non-hydrogen) atoms. The van der Waals surface area contributed by atoms with E-state index in [1.807, 2.05) is 0 Å². The number of rotatable bonds is 4. The molecule has 0 N–H and O–H groups in total. The number of fused-ring (bicyclic) bond motifs is 11. The number of allylic oxidation sites excluding steroid dienone is 2. The number of nitrogens with zero attached hydrogens (tertiary/aromatic N) is 1. The summed E-state index contributed by atoms with van der Waals surface area (Å²) in [4.78, 5) is 0. The Morgan fingerprint density at radius 3 is 2.06 bits per heavy atom. The highest BCUT2D eigenvalue weighted by Gasteiger charge is 2.65. The molecule has 0 amide bonds. The summed E-state index contributed by atoms with van der Waals surface area (Å²) in [5, 5.41) is 1.32. The molecule has 1 heteroatoms. The summed E-state index contributed by atoms with van der Waals surface area (Å²) in [6, 6.07) is 28.0. The summed E-state index contributed by atoms with van der Waals surface area (Å²) in [5.41, 5.74) is 11.7. The van der Waals surface area contributed by atoms with Crippen LogP contribution in [0.1, 0.15) is 70.1 Å². The largest absolute Gasteiger partial charge is 0.214 e. The topological polar surface area (TPSA) is 3.88 Å². The molecule has 0 bridgehead atoms. The van der Waals surface area contributed by atoms with Gasteiger partial charge in [-0.15, -0.1) is 0 Å². The van der Waals surface area contributed by atoms with Gasteiger partial charge in [-0.3, -0.25) is 0 Å². The molecule has 2 unspecified atom stereocenters. The molecule has 3 aromatic carbocycles. The Bertz CT molecular complexity index is 1550. The lowest BCUT2D eigenvalue weighted by atomic mass is 9.52. The van der Waals surface area contributed by atoms with Gasteiger partial charge in [0.15, 0.2) is 5.54 Å². The fourth-order valence-corrected chi connectivity index (χ4v) is 8.22. The fraction of sp³-hybridized carbons (Fsp3) is 0.324. The molecule has 0 spiro atoms. The van der Waals surface area contributed by atoms with Crippen LogP contribution in [0, 0.1) is 0 Å². The maximum atomic E-state index is 2.70. The summed E-state index contributed by atoms with van der Waals surface area (Å²) < 4.78 is 2.70. The number of hydrogen-bond donors (Lipinski definition) is 0. The number of aromatic nitrogens is 1. The predicted molar refractivity (Wildman–Crippen MR) is 146 cm³/mol. The summed E-state index contributed by atoms with van der Waals surface area (Å²) in [5.74, 6) is 0. The lowest BCUT2D eigenvalue weighted by Crippen LogP contribution is -2.72. The molecule has 1 nitrogen and oxygen atoms in total. The Morgan fingerprint density at radius 2 is 1.34 bits per heavy atom. The monoisotopic (exact) mass is 456 g/mol. The van der Waals surface area contributed by atoms with Crippen LogP contribution >= 0.6 is 0 Å². The van der Waals surface area contributed by atoms with E-state index < -0.39 is 0 Å². The first-order valence-electron chi connectivity index (χ1n) is 13.5. The van der Waals surface area contributed by atoms with Crippen molar-refractivity contribution < 1.29 is 4.57 Å². The first-order chi connectivity index (χ1) is 17.1. The van der Waals surface area contributed by atoms with Crippen molar-refractivity contribution in [3.05, 3.63) is 102 Å². The maximum absolute atomic E-state index is 2.70. The highest BCUT2D eigenvalue weighted by molar-refractivity contribution is 5.87. The normalized spacial score (nSPS) is 24.2. The molecule has 0 saturated heterocycles. The van der Waals surface area contributed by atoms with Gasteiger partial charge in [-0.2, -0.15) is 4.57 Å². The Kier molecular flexibility index (Phi) is 4.19. The third-order valence-electron chi connectivity index (χ3n) is 10.1. The minimum atomic E-state index is -0.0239. The van der Waals surface area contributed by atoms with Gasteiger partial charge in [0.1, 0.15) is 0 Å². The third-order valence-corrected chi connectivity index (χ3v) is 10.1. The van der Waals surface area contributed by atoms with E-state index in [4.69, 9.17) is 0 Å². The van der Waals surface area contributed by atoms with E-state index in [1.165, 1.54) is 50.0 Å². The van der Waals surface area contributed by atoms with Crippen LogP contribution < -0.4 is 4.57 Å². The van der Waals surface area contributed by atoms with Gasteiger partial charge in [0, 0.05) is 29.4 Å². The van der Waals surface area contributed by atoms with Crippen molar-refractivity contribution in [3.63, 3.8) is 0 Å². The molecule has 0 radical (unpaired) electrons. The summed E-state index contributed by atoms with van der Waals surface area (Å²) >= 11 is 0. The van der Waals surface area contributed by atoms with Crippen molar-refractivity contribution >= 4 is 10.9 Å². The van der Waals surface area contributed by atoms with Gasteiger partial charge in [0.25, 0.3) is 0 Å². The van der Waals surface area contributed by atoms with Gasteiger partial charge >= 0.3 is 0 Å². The molecule has 1 aliphatic heterocycles. The lowest BCUT2D eigenvalue weighted by molar-refractivity contribution is -0.736. The summed E-state index contributed by atoms with van der Waals surface area (Å²) in [6.07, 6.45) is 9.47. The zero-order valence-corrected chi connectivity index (χ0v) is 21.4. The van der Waals surface area contributed by atoms with Crippen molar-refractivity contribution in [2.45, 2.75) is 69.7 Å². The van der Waals surface area contributed by atoms with Gasteiger partial charge in [0.2, 0.25) is 11.2 Å². The second kappa shape index (κ2) is 6.94. The van der Waals surface area contributed by atoms with Crippen LogP contribution in [0.4, 0.5) is 0 Å². The van der Waals surface area contributed by atoms with Gasteiger partial charge < -0.3 is 0 Å². The Hall–Kier alpha value is -3.19. The van der Waals surface area contributed by atoms with Gasteiger partial charge in [-0.1, -0.05) is 70.2 Å². The molecule has 0 fully saturated rings. The lowest BCUT2D eigenvalue weighted by Gasteiger charge is -2.53. The van der Waals surface area contributed by atoms with E-state index in [0.29, 0.717) is 0 Å². The van der Waals surface area contributed by atoms with Crippen molar-refractivity contribution in [3.8, 4) is 22.4 Å². The number of pyridine rings is 1. The Labute approximate surface area is 209 Å². The third kappa shape index (κ3) is 2.20. The van der Waals surface area contributed by atoms with Crippen molar-refractivity contribution in [1.29, 1.82) is 0 Å². The minimum absolute atomic E-state index is 0.0204. The molecule has 2 heterocycles. The van der Waals surface area contributed by atoms with Crippen LogP contribution in [0.2, 0.25) is 0 Å². The molecular weight excluding hydrogens is 422 g/mol. The van der Waals surface area contributed by atoms with Crippen LogP contribution in [0.25, 0.3) is 33.3 Å². The molecule has 1 aromatic heterocycles. The first kappa shape index (κ1) is 21.1. The molecule has 2 atom stereocenters. The van der Waals surface area contributed by atoms with Crippen molar-refractivity contribution in [1.82, 2.24) is 0 Å². The average Bonchev–Trinajstić information content (AvgIpc) is 3.18. The number of para-hydroxylation sites is 1. The molecule has 7 rings (SSSR count). The van der Waals surface area contributed by atoms with Crippen LogP contribution in [0.5, 0.6) is 0 Å². The number of hydrogen-bond acceptors (Lipinski definition) is 0. The molecular formula is C34H34N+. The first-order valence-corrected chi connectivity index (χ1v) is 13.5. The smallest absolute Gasteiger partial charge is 0.181 e. The fourth-order valence-electron chi connectivity index (χ4n) is 8.22. The Morgan fingerprint density at radius 1 is 0.600 bits per heavy atom. The summed E-state index contributed by atoms with van der Waals surface area (Å²) in [6.45, 7) is 9.50. The van der Waals surface area contributed by atoms with E-state index >= 15 is 0 Å². The van der Waals surface area contributed by atoms with Crippen LogP contribution in [-0.2, 0) is 16.4 Å². The standard InChI is InChI=1S/C34H34N/c1-5-32(6-2)27-15-11-10-14-24(27)25-21-29-26(22-28(25)32)31-18-17-23-13-9-12-16-30(23)35(31)34(8-4)20-19-33(29,34)7-3/h9-22H,5-8H2,1-4H3/q+1. The average molecular weight is 457 g/mol. The highest BCUT2D eigenvalue weighted by Crippen LogP contribution is 2.61. The maximum Gasteiger partial charge on any atom is 0.214 e. The van der Waals surface area contributed by atoms with E-state index in [9.17, 15) is 0 Å². The zero-order chi connectivity index (χ0) is 24.0. The molecule has 0 saturated carbocycles. The zero-order valence-electron chi connectivity index (χ0n) is 21.4. The molecule has 2 aliphatic carbocycles. The van der Waals surface area contributed by atoms with Gasteiger partial charge in [0.05, 0.1) is 11.0 Å². The second-order valence-corrected chi connectivity index (χ2v) is 10.8. The molecule has 3 aliphatic rings. The molecule has 4 aromatic rings. The quantitative estimate of drug-likeness (QED) is 0.215. The van der Waals surface area contributed by atoms with E-state index in [-0.39, 0.29) is 16.4 Å². The summed E-state index contributed by atoms with van der Waals surface area (Å²) in [7, 11) is 0. The van der Waals surface area contributed by atoms with Crippen molar-refractivity contribution in [2.24, 2.45) is 0 Å². The van der Waals surface area contributed by atoms with Crippen molar-refractivity contribution in [2.75, 3.05) is 0 Å². The van der Waals surface area contributed by atoms with Crippen LogP contribution in [0.3, 0.4) is 0 Å².